The van der Waals surface area contributed by atoms with Crippen molar-refractivity contribution in [2.75, 3.05) is 19.3 Å². The number of hydrogen-bond acceptors (Lipinski definition) is 4. The minimum atomic E-state index is 0.0609. The van der Waals surface area contributed by atoms with E-state index in [1.165, 1.54) is 9.75 Å². The maximum absolute atomic E-state index is 12.2. The summed E-state index contributed by atoms with van der Waals surface area (Å²) in [6.07, 6.45) is 4.39. The molecule has 1 saturated heterocycles. The van der Waals surface area contributed by atoms with Gasteiger partial charge in [0.25, 0.3) is 0 Å². The number of carbonyl (C=O) groups excluding carboxylic acids is 1. The lowest BCUT2D eigenvalue weighted by atomic mass is 10.0. The Labute approximate surface area is 130 Å². The van der Waals surface area contributed by atoms with Gasteiger partial charge in [-0.25, -0.2) is 0 Å². The average molecular weight is 313 g/mol. The van der Waals surface area contributed by atoms with E-state index in [1.807, 2.05) is 16.7 Å². The Hall–Kier alpha value is -0.520. The molecule has 0 aliphatic carbocycles. The minimum Gasteiger partial charge on any atom is -0.320 e. The second-order valence-electron chi connectivity index (χ2n) is 5.35. The summed E-state index contributed by atoms with van der Waals surface area (Å²) in [4.78, 5) is 16.8. The fourth-order valence-electron chi connectivity index (χ4n) is 2.71. The molecule has 20 heavy (non-hydrogen) atoms. The third kappa shape index (κ3) is 3.05. The zero-order chi connectivity index (χ0) is 14.8. The quantitative estimate of drug-likeness (QED) is 0.873. The van der Waals surface area contributed by atoms with E-state index in [1.54, 1.807) is 11.3 Å². The van der Waals surface area contributed by atoms with Gasteiger partial charge in [-0.1, -0.05) is 13.8 Å². The Balaban J connectivity index is 2.21. The number of amides is 1. The van der Waals surface area contributed by atoms with Crippen LogP contribution in [0.4, 0.5) is 0 Å². The molecule has 1 aromatic heterocycles. The van der Waals surface area contributed by atoms with E-state index in [0.717, 1.165) is 19.4 Å². The summed E-state index contributed by atoms with van der Waals surface area (Å²) in [6.45, 7) is 7.84. The molecule has 2 heterocycles. The predicted molar refractivity (Wildman–Crippen MR) is 88.3 cm³/mol. The fourth-order valence-corrected chi connectivity index (χ4v) is 4.52. The van der Waals surface area contributed by atoms with Crippen molar-refractivity contribution in [3.05, 3.63) is 21.9 Å². The molecule has 0 aromatic carbocycles. The van der Waals surface area contributed by atoms with Gasteiger partial charge in [0.2, 0.25) is 5.91 Å². The molecule has 1 fully saturated rings. The molecule has 0 spiro atoms. The third-order valence-electron chi connectivity index (χ3n) is 4.29. The van der Waals surface area contributed by atoms with E-state index in [4.69, 9.17) is 0 Å². The fraction of sp³-hybridized carbons (Fsp3) is 0.667. The molecule has 0 saturated carbocycles. The van der Waals surface area contributed by atoms with Crippen molar-refractivity contribution in [3.8, 4) is 0 Å². The number of nitrogens with one attached hydrogen (secondary N) is 1. The second-order valence-corrected chi connectivity index (χ2v) is 7.94. The molecule has 1 atom stereocenters. The number of rotatable bonds is 6. The Morgan fingerprint density at radius 1 is 1.45 bits per heavy atom. The summed E-state index contributed by atoms with van der Waals surface area (Å²) in [6, 6.07) is 4.27. The van der Waals surface area contributed by atoms with Gasteiger partial charge in [-0.3, -0.25) is 10.1 Å². The van der Waals surface area contributed by atoms with Crippen LogP contribution in [0, 0.1) is 6.92 Å². The number of thioether (sulfide) groups is 1. The van der Waals surface area contributed by atoms with Gasteiger partial charge in [-0.2, -0.15) is 11.8 Å². The molecule has 0 radical (unpaired) electrons. The molecule has 1 unspecified atom stereocenters. The first kappa shape index (κ1) is 15.9. The molecule has 1 aliphatic heterocycles. The van der Waals surface area contributed by atoms with Crippen LogP contribution in [0.5, 0.6) is 0 Å². The molecular weight excluding hydrogens is 288 g/mol. The van der Waals surface area contributed by atoms with Crippen molar-refractivity contribution in [2.45, 2.75) is 44.5 Å². The van der Waals surface area contributed by atoms with Gasteiger partial charge in [-0.15, -0.1) is 11.3 Å². The van der Waals surface area contributed by atoms with Crippen LogP contribution in [-0.4, -0.2) is 34.9 Å². The summed E-state index contributed by atoms with van der Waals surface area (Å²) in [5, 5.41) is 3.36. The molecule has 1 N–H and O–H groups in total. The molecule has 1 aliphatic rings. The van der Waals surface area contributed by atoms with E-state index in [2.05, 4.69) is 44.5 Å². The zero-order valence-corrected chi connectivity index (χ0v) is 14.4. The first-order valence-electron chi connectivity index (χ1n) is 7.19. The molecular formula is C15H24N2OS2. The topological polar surface area (TPSA) is 32.3 Å². The highest BCUT2D eigenvalue weighted by atomic mass is 32.2. The van der Waals surface area contributed by atoms with Crippen LogP contribution >= 0.6 is 23.1 Å². The van der Waals surface area contributed by atoms with Gasteiger partial charge in [0.1, 0.15) is 6.17 Å². The van der Waals surface area contributed by atoms with Crippen LogP contribution in [0.1, 0.15) is 42.6 Å². The normalized spacial score (nSPS) is 19.9. The monoisotopic (exact) mass is 312 g/mol. The number of carbonyl (C=O) groups is 1. The smallest absolute Gasteiger partial charge is 0.238 e. The van der Waals surface area contributed by atoms with E-state index in [9.17, 15) is 4.79 Å². The zero-order valence-electron chi connectivity index (χ0n) is 12.7. The third-order valence-corrected chi connectivity index (χ3v) is 6.92. The summed E-state index contributed by atoms with van der Waals surface area (Å²) in [5.74, 6) is 0.223. The van der Waals surface area contributed by atoms with Gasteiger partial charge in [0.05, 0.1) is 6.54 Å². The largest absolute Gasteiger partial charge is 0.320 e. The standard InChI is InChI=1S/C15H24N2OS2/c1-5-15(6-2,19-4)10-17-13(18)9-16-14(17)12-8-7-11(3)20-12/h7-8,14,16H,5-6,9-10H2,1-4H3. The molecule has 112 valence electrons. The lowest BCUT2D eigenvalue weighted by molar-refractivity contribution is -0.128. The van der Waals surface area contributed by atoms with Crippen LogP contribution in [0.3, 0.4) is 0 Å². The van der Waals surface area contributed by atoms with E-state index in [0.29, 0.717) is 6.54 Å². The summed E-state index contributed by atoms with van der Waals surface area (Å²) < 4.78 is 0.173. The number of aryl methyl sites for hydroxylation is 1. The Morgan fingerprint density at radius 3 is 2.65 bits per heavy atom. The first-order valence-corrected chi connectivity index (χ1v) is 9.23. The van der Waals surface area contributed by atoms with Gasteiger partial charge in [0.15, 0.2) is 0 Å². The average Bonchev–Trinajstić information content (AvgIpc) is 3.03. The summed E-state index contributed by atoms with van der Waals surface area (Å²) in [7, 11) is 0. The van der Waals surface area contributed by atoms with Crippen molar-refractivity contribution in [1.29, 1.82) is 0 Å². The number of thiophene rings is 1. The molecule has 3 nitrogen and oxygen atoms in total. The Morgan fingerprint density at radius 2 is 2.15 bits per heavy atom. The number of hydrogen-bond donors (Lipinski definition) is 1. The summed E-state index contributed by atoms with van der Waals surface area (Å²) >= 11 is 3.67. The maximum Gasteiger partial charge on any atom is 0.238 e. The molecule has 1 aromatic rings. The van der Waals surface area contributed by atoms with Gasteiger partial charge < -0.3 is 4.90 Å². The highest BCUT2D eigenvalue weighted by molar-refractivity contribution is 8.00. The second kappa shape index (κ2) is 6.50. The lowest BCUT2D eigenvalue weighted by Crippen LogP contribution is -2.42. The number of nitrogens with zero attached hydrogens (tertiary/aromatic N) is 1. The Bertz CT molecular complexity index is 460. The van der Waals surface area contributed by atoms with Crippen molar-refractivity contribution < 1.29 is 4.79 Å². The van der Waals surface area contributed by atoms with Crippen LogP contribution in [0.25, 0.3) is 0 Å². The molecule has 0 bridgehead atoms. The van der Waals surface area contributed by atoms with Crippen molar-refractivity contribution in [1.82, 2.24) is 10.2 Å². The highest BCUT2D eigenvalue weighted by Gasteiger charge is 2.38. The van der Waals surface area contributed by atoms with E-state index in [-0.39, 0.29) is 16.8 Å². The predicted octanol–water partition coefficient (Wildman–Crippen LogP) is 3.41. The maximum atomic E-state index is 12.2. The van der Waals surface area contributed by atoms with Crippen molar-refractivity contribution in [3.63, 3.8) is 0 Å². The first-order chi connectivity index (χ1) is 9.55. The minimum absolute atomic E-state index is 0.0609. The van der Waals surface area contributed by atoms with E-state index >= 15 is 0 Å². The van der Waals surface area contributed by atoms with Crippen LogP contribution in [0.2, 0.25) is 0 Å². The molecule has 2 rings (SSSR count). The van der Waals surface area contributed by atoms with Gasteiger partial charge >= 0.3 is 0 Å². The van der Waals surface area contributed by atoms with Gasteiger partial charge in [0, 0.05) is 21.0 Å². The van der Waals surface area contributed by atoms with Gasteiger partial charge in [-0.05, 0) is 38.2 Å². The Kier molecular flexibility index (Phi) is 5.15. The highest BCUT2D eigenvalue weighted by Crippen LogP contribution is 2.36. The van der Waals surface area contributed by atoms with Crippen LogP contribution in [0.15, 0.2) is 12.1 Å². The van der Waals surface area contributed by atoms with Crippen molar-refractivity contribution >= 4 is 29.0 Å². The van der Waals surface area contributed by atoms with E-state index < -0.39 is 0 Å². The molecule has 1 amide bonds. The summed E-state index contributed by atoms with van der Waals surface area (Å²) in [5.41, 5.74) is 0. The lowest BCUT2D eigenvalue weighted by Gasteiger charge is -2.36. The molecule has 5 heteroatoms. The van der Waals surface area contributed by atoms with Crippen LogP contribution < -0.4 is 5.32 Å². The SMILES string of the molecule is CCC(CC)(CN1C(=O)CNC1c1ccc(C)s1)SC. The van der Waals surface area contributed by atoms with Crippen LogP contribution in [-0.2, 0) is 4.79 Å². The van der Waals surface area contributed by atoms with Crippen molar-refractivity contribution in [2.24, 2.45) is 0 Å².